The van der Waals surface area contributed by atoms with E-state index in [0.29, 0.717) is 29.9 Å². The second-order valence-corrected chi connectivity index (χ2v) is 4.63. The lowest BCUT2D eigenvalue weighted by Crippen LogP contribution is -2.10. The van der Waals surface area contributed by atoms with Crippen LogP contribution in [0.2, 0.25) is 0 Å². The van der Waals surface area contributed by atoms with Gasteiger partial charge in [-0.05, 0) is 36.8 Å². The summed E-state index contributed by atoms with van der Waals surface area (Å²) in [5, 5.41) is 9.31. The van der Waals surface area contributed by atoms with Crippen LogP contribution >= 0.6 is 0 Å². The van der Waals surface area contributed by atoms with Crippen molar-refractivity contribution in [1.82, 2.24) is 0 Å². The summed E-state index contributed by atoms with van der Waals surface area (Å²) in [6.07, 6.45) is 3.53. The van der Waals surface area contributed by atoms with E-state index in [9.17, 15) is 14.7 Å². The Bertz CT molecular complexity index is 517. The number of benzene rings is 1. The number of hydrogen-bond donors (Lipinski definition) is 1. The number of rotatable bonds is 6. The smallest absolute Gasteiger partial charge is 0.340 e. The summed E-state index contributed by atoms with van der Waals surface area (Å²) < 4.78 is 10.2. The Morgan fingerprint density at radius 2 is 2.11 bits per heavy atom. The number of aldehydes is 1. The Morgan fingerprint density at radius 1 is 1.42 bits per heavy atom. The van der Waals surface area contributed by atoms with Crippen LogP contribution in [0.3, 0.4) is 0 Å². The minimum atomic E-state index is -1.19. The summed E-state index contributed by atoms with van der Waals surface area (Å²) >= 11 is 0. The molecule has 19 heavy (non-hydrogen) atoms. The lowest BCUT2D eigenvalue weighted by Gasteiger charge is -2.15. The molecule has 1 saturated carbocycles. The molecule has 0 heterocycles. The van der Waals surface area contributed by atoms with Crippen LogP contribution in [-0.4, -0.2) is 31.6 Å². The van der Waals surface area contributed by atoms with E-state index in [1.54, 1.807) is 6.07 Å². The molecular weight excluding hydrogens is 248 g/mol. The first-order chi connectivity index (χ1) is 9.12. The number of carbonyl (C=O) groups is 2. The molecule has 1 aliphatic rings. The van der Waals surface area contributed by atoms with Gasteiger partial charge in [0, 0.05) is 5.56 Å². The molecule has 0 amide bonds. The number of carboxylic acid groups (broad SMARTS) is 1. The van der Waals surface area contributed by atoms with Gasteiger partial charge in [-0.25, -0.2) is 4.79 Å². The topological polar surface area (TPSA) is 72.8 Å². The van der Waals surface area contributed by atoms with E-state index in [0.717, 1.165) is 12.8 Å². The van der Waals surface area contributed by atoms with Gasteiger partial charge in [-0.1, -0.05) is 0 Å². The number of carboxylic acids is 1. The predicted molar refractivity (Wildman–Crippen MR) is 68.3 cm³/mol. The van der Waals surface area contributed by atoms with Crippen LogP contribution in [0.25, 0.3) is 0 Å². The fourth-order valence-electron chi connectivity index (χ4n) is 2.21. The summed E-state index contributed by atoms with van der Waals surface area (Å²) in [6.45, 7) is 0. The van der Waals surface area contributed by atoms with Crippen LogP contribution < -0.4 is 9.47 Å². The van der Waals surface area contributed by atoms with E-state index in [-0.39, 0.29) is 16.9 Å². The van der Waals surface area contributed by atoms with Crippen molar-refractivity contribution in [2.24, 2.45) is 5.92 Å². The fraction of sp³-hybridized carbons (Fsp3) is 0.429. The molecule has 0 radical (unpaired) electrons. The van der Waals surface area contributed by atoms with Crippen LogP contribution in [-0.2, 0) is 6.42 Å². The quantitative estimate of drug-likeness (QED) is 0.797. The largest absolute Gasteiger partial charge is 0.493 e. The third kappa shape index (κ3) is 2.54. The average Bonchev–Trinajstić information content (AvgIpc) is 3.20. The molecule has 2 rings (SSSR count). The molecule has 102 valence electrons. The van der Waals surface area contributed by atoms with Gasteiger partial charge in [0.15, 0.2) is 17.8 Å². The molecule has 5 heteroatoms. The maximum Gasteiger partial charge on any atom is 0.340 e. The number of carbonyl (C=O) groups excluding carboxylic acids is 1. The van der Waals surface area contributed by atoms with Crippen molar-refractivity contribution in [3.8, 4) is 11.5 Å². The van der Waals surface area contributed by atoms with Gasteiger partial charge in [0.1, 0.15) is 5.56 Å². The maximum atomic E-state index is 11.4. The van der Waals surface area contributed by atoms with Crippen LogP contribution in [0.5, 0.6) is 11.5 Å². The molecule has 0 atom stereocenters. The predicted octanol–water partition coefficient (Wildman–Crippen LogP) is 2.17. The molecule has 0 bridgehead atoms. The maximum absolute atomic E-state index is 11.4. The van der Waals surface area contributed by atoms with Gasteiger partial charge in [0.05, 0.1) is 14.2 Å². The first-order valence-electron chi connectivity index (χ1n) is 6.08. The van der Waals surface area contributed by atoms with Crippen molar-refractivity contribution in [2.45, 2.75) is 19.3 Å². The molecule has 5 nitrogen and oxygen atoms in total. The van der Waals surface area contributed by atoms with Crippen molar-refractivity contribution in [2.75, 3.05) is 14.2 Å². The van der Waals surface area contributed by atoms with E-state index in [2.05, 4.69) is 0 Å². The Kier molecular flexibility index (Phi) is 3.74. The zero-order valence-electron chi connectivity index (χ0n) is 10.9. The van der Waals surface area contributed by atoms with Crippen LogP contribution in [0.15, 0.2) is 6.07 Å². The summed E-state index contributed by atoms with van der Waals surface area (Å²) in [7, 11) is 2.81. The van der Waals surface area contributed by atoms with Gasteiger partial charge in [-0.3, -0.25) is 4.79 Å². The average molecular weight is 264 g/mol. The molecular formula is C14H16O5. The van der Waals surface area contributed by atoms with E-state index >= 15 is 0 Å². The molecule has 0 spiro atoms. The third-order valence-electron chi connectivity index (χ3n) is 3.33. The second-order valence-electron chi connectivity index (χ2n) is 4.63. The normalized spacial score (nSPS) is 14.0. The number of aromatic carboxylic acids is 1. The first-order valence-corrected chi connectivity index (χ1v) is 6.08. The van der Waals surface area contributed by atoms with Gasteiger partial charge in [0.2, 0.25) is 0 Å². The van der Waals surface area contributed by atoms with E-state index in [1.807, 2.05) is 0 Å². The highest BCUT2D eigenvalue weighted by Gasteiger charge is 2.28. The Morgan fingerprint density at radius 3 is 2.53 bits per heavy atom. The summed E-state index contributed by atoms with van der Waals surface area (Å²) in [6, 6.07) is 1.70. The zero-order chi connectivity index (χ0) is 14.0. The van der Waals surface area contributed by atoms with Gasteiger partial charge in [-0.15, -0.1) is 0 Å². The minimum Gasteiger partial charge on any atom is -0.493 e. The molecule has 0 unspecified atom stereocenters. The third-order valence-corrected chi connectivity index (χ3v) is 3.33. The van der Waals surface area contributed by atoms with E-state index in [4.69, 9.17) is 9.47 Å². The van der Waals surface area contributed by atoms with Crippen LogP contribution in [0.1, 0.15) is 39.1 Å². The molecule has 1 aliphatic carbocycles. The molecule has 1 N–H and O–H groups in total. The number of methoxy groups -OCH3 is 2. The molecule has 1 fully saturated rings. The van der Waals surface area contributed by atoms with Gasteiger partial charge >= 0.3 is 5.97 Å². The Hall–Kier alpha value is -2.04. The fourth-order valence-corrected chi connectivity index (χ4v) is 2.21. The molecule has 1 aromatic rings. The van der Waals surface area contributed by atoms with Crippen LogP contribution in [0.4, 0.5) is 0 Å². The minimum absolute atomic E-state index is 0.0941. The van der Waals surface area contributed by atoms with Crippen molar-refractivity contribution in [1.29, 1.82) is 0 Å². The molecule has 0 aliphatic heterocycles. The summed E-state index contributed by atoms with van der Waals surface area (Å²) in [5.41, 5.74) is 0.789. The zero-order valence-corrected chi connectivity index (χ0v) is 10.9. The van der Waals surface area contributed by atoms with Crippen LogP contribution in [0, 0.1) is 5.92 Å². The van der Waals surface area contributed by atoms with E-state index < -0.39 is 5.97 Å². The highest BCUT2D eigenvalue weighted by molar-refractivity contribution is 6.01. The summed E-state index contributed by atoms with van der Waals surface area (Å²) in [4.78, 5) is 22.7. The molecule has 0 saturated heterocycles. The lowest BCUT2D eigenvalue weighted by atomic mass is 9.96. The van der Waals surface area contributed by atoms with Crippen molar-refractivity contribution in [3.05, 3.63) is 22.8 Å². The van der Waals surface area contributed by atoms with Gasteiger partial charge in [-0.2, -0.15) is 0 Å². The first kappa shape index (κ1) is 13.4. The summed E-state index contributed by atoms with van der Waals surface area (Å²) in [5.74, 6) is -0.203. The van der Waals surface area contributed by atoms with Crippen molar-refractivity contribution < 1.29 is 24.2 Å². The standard InChI is InChI=1S/C14H16O5/c1-18-11-6-9(5-8-3-4-8)10(7-15)12(14(16)17)13(11)19-2/h6-8H,3-5H2,1-2H3,(H,16,17). The molecule has 0 aromatic heterocycles. The monoisotopic (exact) mass is 264 g/mol. The van der Waals surface area contributed by atoms with Crippen molar-refractivity contribution >= 4 is 12.3 Å². The Labute approximate surface area is 111 Å². The van der Waals surface area contributed by atoms with Gasteiger partial charge < -0.3 is 14.6 Å². The Balaban J connectivity index is 2.62. The SMILES string of the molecule is COc1cc(CC2CC2)c(C=O)c(C(=O)O)c1OC. The number of ether oxygens (including phenoxy) is 2. The lowest BCUT2D eigenvalue weighted by molar-refractivity contribution is 0.0689. The highest BCUT2D eigenvalue weighted by Crippen LogP contribution is 2.39. The second kappa shape index (κ2) is 5.30. The van der Waals surface area contributed by atoms with E-state index in [1.165, 1.54) is 14.2 Å². The van der Waals surface area contributed by atoms with Gasteiger partial charge in [0.25, 0.3) is 0 Å². The van der Waals surface area contributed by atoms with Crippen molar-refractivity contribution in [3.63, 3.8) is 0 Å². The molecule has 1 aromatic carbocycles. The number of hydrogen-bond acceptors (Lipinski definition) is 4. The highest BCUT2D eigenvalue weighted by atomic mass is 16.5.